The smallest absolute Gasteiger partial charge is 0.419 e. The first-order valence-corrected chi connectivity index (χ1v) is 15.5. The predicted octanol–water partition coefficient (Wildman–Crippen LogP) is 6.47. The van der Waals surface area contributed by atoms with Crippen molar-refractivity contribution in [1.29, 1.82) is 0 Å². The van der Waals surface area contributed by atoms with Crippen molar-refractivity contribution in [3.8, 4) is 5.75 Å². The molecule has 11 heteroatoms. The Morgan fingerprint density at radius 1 is 1.09 bits per heavy atom. The van der Waals surface area contributed by atoms with E-state index in [2.05, 4.69) is 10.2 Å². The van der Waals surface area contributed by atoms with Crippen molar-refractivity contribution in [1.82, 2.24) is 14.4 Å². The molecule has 1 aromatic heterocycles. The number of halogens is 2. The number of benzene rings is 2. The third-order valence-corrected chi connectivity index (χ3v) is 8.48. The minimum Gasteiger partial charge on any atom is -0.496 e. The first-order chi connectivity index (χ1) is 21.4. The minimum absolute atomic E-state index is 0.250. The van der Waals surface area contributed by atoms with Crippen LogP contribution in [0.3, 0.4) is 0 Å². The fourth-order valence-corrected chi connectivity index (χ4v) is 6.10. The Labute approximate surface area is 263 Å². The van der Waals surface area contributed by atoms with Crippen LogP contribution < -0.4 is 10.1 Å². The maximum atomic E-state index is 13.5. The molecular formula is C34H44F2N4O5. The molecule has 1 aliphatic heterocycles. The van der Waals surface area contributed by atoms with Crippen LogP contribution in [0.1, 0.15) is 66.7 Å². The van der Waals surface area contributed by atoms with Gasteiger partial charge in [-0.3, -0.25) is 14.4 Å². The Bertz CT molecular complexity index is 1550. The number of fused-ring (bicyclic) bond motifs is 1. The number of rotatable bonds is 10. The number of alkyl halides is 2. The number of carbonyl (C=O) groups excluding carboxylic acids is 2. The van der Waals surface area contributed by atoms with Crippen LogP contribution in [0.25, 0.3) is 10.9 Å². The lowest BCUT2D eigenvalue weighted by Gasteiger charge is -2.42. The molecule has 45 heavy (non-hydrogen) atoms. The molecule has 0 amide bonds. The van der Waals surface area contributed by atoms with Gasteiger partial charge in [0.15, 0.2) is 0 Å². The predicted molar refractivity (Wildman–Crippen MR) is 169 cm³/mol. The van der Waals surface area contributed by atoms with E-state index in [9.17, 15) is 18.4 Å². The second-order valence-corrected chi connectivity index (χ2v) is 13.1. The van der Waals surface area contributed by atoms with Crippen molar-refractivity contribution >= 4 is 28.7 Å². The molecule has 2 heterocycles. The third-order valence-electron chi connectivity index (χ3n) is 8.48. The van der Waals surface area contributed by atoms with Gasteiger partial charge in [-0.25, -0.2) is 18.4 Å². The highest BCUT2D eigenvalue weighted by atomic mass is 19.3. The summed E-state index contributed by atoms with van der Waals surface area (Å²) in [7, 11) is 2.98. The summed E-state index contributed by atoms with van der Waals surface area (Å²) in [5, 5.41) is 4.30. The molecule has 1 atom stereocenters. The molecule has 5 rings (SSSR count). The van der Waals surface area contributed by atoms with Crippen LogP contribution in [0.2, 0.25) is 0 Å². The zero-order valence-electron chi connectivity index (χ0n) is 27.0. The molecule has 1 aliphatic carbocycles. The summed E-state index contributed by atoms with van der Waals surface area (Å²) in [5.41, 5.74) is 3.88. The van der Waals surface area contributed by atoms with Gasteiger partial charge in [-0.05, 0) is 81.8 Å². The largest absolute Gasteiger partial charge is 0.496 e. The average molecular weight is 627 g/mol. The van der Waals surface area contributed by atoms with Gasteiger partial charge in [-0.15, -0.1) is 0 Å². The van der Waals surface area contributed by atoms with Gasteiger partial charge < -0.3 is 19.5 Å². The topological polar surface area (TPSA) is 85.3 Å². The van der Waals surface area contributed by atoms with Crippen molar-refractivity contribution < 1.29 is 32.6 Å². The molecule has 1 saturated heterocycles. The summed E-state index contributed by atoms with van der Waals surface area (Å²) in [6.07, 6.45) is 1.12. The van der Waals surface area contributed by atoms with Crippen LogP contribution in [0.5, 0.6) is 5.75 Å². The van der Waals surface area contributed by atoms with Crippen LogP contribution in [-0.4, -0.2) is 85.4 Å². The van der Waals surface area contributed by atoms with E-state index in [1.807, 2.05) is 52.0 Å². The minimum atomic E-state index is -2.45. The summed E-state index contributed by atoms with van der Waals surface area (Å²) in [4.78, 5) is 29.8. The number of esters is 1. The number of nitrogens with one attached hydrogen (secondary N) is 1. The Kier molecular flexibility index (Phi) is 9.69. The van der Waals surface area contributed by atoms with E-state index in [0.717, 1.165) is 47.0 Å². The normalized spacial score (nSPS) is 17.9. The van der Waals surface area contributed by atoms with E-state index >= 15 is 0 Å². The van der Waals surface area contributed by atoms with Crippen molar-refractivity contribution in [2.24, 2.45) is 5.92 Å². The monoisotopic (exact) mass is 626 g/mol. The second-order valence-electron chi connectivity index (χ2n) is 13.1. The summed E-state index contributed by atoms with van der Waals surface area (Å²) in [6, 6.07) is 9.17. The lowest BCUT2D eigenvalue weighted by atomic mass is 9.97. The molecule has 2 aromatic carbocycles. The number of hydrogen-bond donors (Lipinski definition) is 1. The van der Waals surface area contributed by atoms with Crippen molar-refractivity contribution in [3.05, 3.63) is 58.8 Å². The van der Waals surface area contributed by atoms with E-state index in [4.69, 9.17) is 14.2 Å². The van der Waals surface area contributed by atoms with Crippen LogP contribution in [0.15, 0.2) is 36.5 Å². The first kappa shape index (κ1) is 32.7. The van der Waals surface area contributed by atoms with E-state index < -0.39 is 24.1 Å². The van der Waals surface area contributed by atoms with E-state index in [-0.39, 0.29) is 12.6 Å². The number of methoxy groups -OCH3 is 2. The summed E-state index contributed by atoms with van der Waals surface area (Å²) in [5.74, 6) is 0.834. The first-order valence-electron chi connectivity index (χ1n) is 15.5. The lowest BCUT2D eigenvalue weighted by molar-refractivity contribution is 0.0245. The van der Waals surface area contributed by atoms with Crippen molar-refractivity contribution in [2.75, 3.05) is 52.3 Å². The van der Waals surface area contributed by atoms with Gasteiger partial charge in [-0.1, -0.05) is 6.07 Å². The van der Waals surface area contributed by atoms with Gasteiger partial charge in [0.1, 0.15) is 11.4 Å². The van der Waals surface area contributed by atoms with Crippen LogP contribution in [0, 0.1) is 12.8 Å². The van der Waals surface area contributed by atoms with Gasteiger partial charge >= 0.3 is 12.1 Å². The van der Waals surface area contributed by atoms with E-state index in [1.54, 1.807) is 24.3 Å². The number of anilines is 1. The van der Waals surface area contributed by atoms with Gasteiger partial charge in [0.05, 0.1) is 31.8 Å². The quantitative estimate of drug-likeness (QED) is 0.256. The molecule has 0 spiro atoms. The third kappa shape index (κ3) is 7.58. The molecule has 1 unspecified atom stereocenters. The van der Waals surface area contributed by atoms with Gasteiger partial charge in [0.2, 0.25) is 0 Å². The average Bonchev–Trinajstić information content (AvgIpc) is 3.71. The number of aromatic nitrogens is 1. The zero-order valence-corrected chi connectivity index (χ0v) is 27.0. The molecule has 244 valence electrons. The number of ether oxygens (including phenoxy) is 3. The number of piperazine rings is 1. The highest BCUT2D eigenvalue weighted by Gasteiger charge is 2.32. The molecule has 1 N–H and O–H groups in total. The Balaban J connectivity index is 1.53. The van der Waals surface area contributed by atoms with E-state index in [1.165, 1.54) is 11.7 Å². The Hall–Kier alpha value is -3.70. The molecule has 1 saturated carbocycles. The van der Waals surface area contributed by atoms with Gasteiger partial charge in [-0.2, -0.15) is 0 Å². The highest BCUT2D eigenvalue weighted by molar-refractivity contribution is 5.96. The molecule has 2 aliphatic rings. The number of carbonyl (C=O) groups is 2. The maximum Gasteiger partial charge on any atom is 0.419 e. The Morgan fingerprint density at radius 3 is 2.49 bits per heavy atom. The Morgan fingerprint density at radius 2 is 1.84 bits per heavy atom. The van der Waals surface area contributed by atoms with Crippen molar-refractivity contribution in [3.63, 3.8) is 0 Å². The highest BCUT2D eigenvalue weighted by Crippen LogP contribution is 2.37. The lowest BCUT2D eigenvalue weighted by Crippen LogP contribution is -2.49. The SMILES string of the molecule is COC(=O)c1ccc(C2CN(CC(F)F)CCN2Cc2c(OC)cc(C)c3c2ccn3C(=O)OC(C)(C)C)cc1NCC1CC1. The summed E-state index contributed by atoms with van der Waals surface area (Å²) in [6.45, 7) is 9.72. The zero-order chi connectivity index (χ0) is 32.5. The number of hydrogen-bond acceptors (Lipinski definition) is 8. The van der Waals surface area contributed by atoms with Gasteiger partial charge in [0, 0.05) is 61.6 Å². The van der Waals surface area contributed by atoms with Gasteiger partial charge in [0.25, 0.3) is 6.43 Å². The second kappa shape index (κ2) is 13.3. The molecule has 0 radical (unpaired) electrons. The number of nitrogens with zero attached hydrogens (tertiary/aromatic N) is 3. The summed E-state index contributed by atoms with van der Waals surface area (Å²) < 4.78 is 45.1. The van der Waals surface area contributed by atoms with Crippen molar-refractivity contribution in [2.45, 2.75) is 65.1 Å². The standard InChI is InChI=1S/C34H44F2N4O5/c1-21-15-29(43-5)26(24-11-12-40(31(21)24)33(42)45-34(2,3)4)18-39-14-13-38(20-30(35)36)19-28(39)23-9-10-25(32(41)44-6)27(16-23)37-17-22-7-8-22/h9-12,15-16,22,28,30,37H,7-8,13-14,17-20H2,1-6H3. The van der Waals surface area contributed by atoms with Crippen LogP contribution >= 0.6 is 0 Å². The van der Waals surface area contributed by atoms with E-state index in [0.29, 0.717) is 49.1 Å². The molecule has 2 fully saturated rings. The molecule has 0 bridgehead atoms. The fourth-order valence-electron chi connectivity index (χ4n) is 6.10. The molecular weight excluding hydrogens is 582 g/mol. The molecule has 3 aromatic rings. The fraction of sp³-hybridized carbons (Fsp3) is 0.529. The maximum absolute atomic E-state index is 13.5. The van der Waals surface area contributed by atoms with Crippen LogP contribution in [0.4, 0.5) is 19.3 Å². The summed E-state index contributed by atoms with van der Waals surface area (Å²) >= 11 is 0. The number of aryl methyl sites for hydroxylation is 1. The van der Waals surface area contributed by atoms with Crippen LogP contribution in [-0.2, 0) is 16.0 Å². The molecule has 9 nitrogen and oxygen atoms in total.